The molecule has 1 aromatic rings. The van der Waals surface area contributed by atoms with Gasteiger partial charge >= 0.3 is 5.97 Å². The molecule has 0 aliphatic heterocycles. The number of carbonyl (C=O) groups is 1. The van der Waals surface area contributed by atoms with Crippen molar-refractivity contribution in [2.24, 2.45) is 11.8 Å². The summed E-state index contributed by atoms with van der Waals surface area (Å²) in [6.45, 7) is 1.35. The first kappa shape index (κ1) is 14.6. The van der Waals surface area contributed by atoms with Crippen molar-refractivity contribution >= 4 is 5.97 Å². The molecule has 1 aromatic carbocycles. The number of benzene rings is 1. The van der Waals surface area contributed by atoms with Crippen molar-refractivity contribution in [1.29, 1.82) is 0 Å². The van der Waals surface area contributed by atoms with E-state index in [1.807, 2.05) is 12.1 Å². The molecule has 0 saturated heterocycles. The molecule has 1 fully saturated rings. The Hall–Kier alpha value is -1.35. The van der Waals surface area contributed by atoms with Gasteiger partial charge in [0.1, 0.15) is 0 Å². The second-order valence-electron chi connectivity index (χ2n) is 6.93. The van der Waals surface area contributed by atoms with Crippen molar-refractivity contribution in [3.63, 3.8) is 0 Å². The van der Waals surface area contributed by atoms with Gasteiger partial charge in [-0.2, -0.15) is 0 Å². The van der Waals surface area contributed by atoms with Crippen LogP contribution in [-0.4, -0.2) is 16.2 Å². The fourth-order valence-corrected chi connectivity index (χ4v) is 4.02. The highest BCUT2D eigenvalue weighted by Gasteiger charge is 2.35. The minimum atomic E-state index is -1.79. The molecule has 114 valence electrons. The van der Waals surface area contributed by atoms with Crippen molar-refractivity contribution in [3.8, 4) is 0 Å². The Labute approximate surface area is 126 Å². The summed E-state index contributed by atoms with van der Waals surface area (Å²) in [5.41, 5.74) is 1.29. The summed E-state index contributed by atoms with van der Waals surface area (Å²) >= 11 is 0. The van der Waals surface area contributed by atoms with E-state index in [1.165, 1.54) is 50.2 Å². The smallest absolute Gasteiger partial charge is 0.340 e. The molecule has 0 amide bonds. The lowest BCUT2D eigenvalue weighted by molar-refractivity contribution is -0.157. The Bertz CT molecular complexity index is 541. The number of carboxylic acid groups (broad SMARTS) is 1. The van der Waals surface area contributed by atoms with Gasteiger partial charge in [0.2, 0.25) is 0 Å². The summed E-state index contributed by atoms with van der Waals surface area (Å²) in [5.74, 6) is 0.351. The van der Waals surface area contributed by atoms with Gasteiger partial charge in [0.15, 0.2) is 5.60 Å². The van der Waals surface area contributed by atoms with E-state index in [9.17, 15) is 9.90 Å². The fraction of sp³-hybridized carbons (Fsp3) is 0.611. The summed E-state index contributed by atoms with van der Waals surface area (Å²) in [6.07, 6.45) is 8.95. The summed E-state index contributed by atoms with van der Waals surface area (Å²) < 4.78 is 0. The lowest BCUT2D eigenvalue weighted by atomic mass is 9.79. The Balaban J connectivity index is 1.79. The number of aliphatic hydroxyl groups is 1. The predicted molar refractivity (Wildman–Crippen MR) is 81.1 cm³/mol. The molecular weight excluding hydrogens is 264 g/mol. The highest BCUT2D eigenvalue weighted by atomic mass is 16.4. The van der Waals surface area contributed by atoms with Gasteiger partial charge in [0.25, 0.3) is 0 Å². The second kappa shape index (κ2) is 5.45. The van der Waals surface area contributed by atoms with Crippen LogP contribution in [0.1, 0.15) is 55.7 Å². The van der Waals surface area contributed by atoms with Crippen LogP contribution in [0.3, 0.4) is 0 Å². The number of carboxylic acids is 1. The van der Waals surface area contributed by atoms with Crippen LogP contribution >= 0.6 is 0 Å². The first-order valence-corrected chi connectivity index (χ1v) is 8.06. The normalized spacial score (nSPS) is 25.3. The molecule has 0 heterocycles. The molecule has 0 aromatic heterocycles. The summed E-state index contributed by atoms with van der Waals surface area (Å²) in [5, 5.41) is 19.3. The van der Waals surface area contributed by atoms with E-state index in [0.717, 1.165) is 18.8 Å². The number of fused-ring (bicyclic) bond motifs is 1. The van der Waals surface area contributed by atoms with Crippen LogP contribution in [-0.2, 0) is 23.2 Å². The van der Waals surface area contributed by atoms with E-state index in [-0.39, 0.29) is 0 Å². The van der Waals surface area contributed by atoms with Gasteiger partial charge in [-0.3, -0.25) is 0 Å². The van der Waals surface area contributed by atoms with Crippen LogP contribution in [0.5, 0.6) is 0 Å². The summed E-state index contributed by atoms with van der Waals surface area (Å²) in [6, 6.07) is 5.70. The molecule has 0 unspecified atom stereocenters. The van der Waals surface area contributed by atoms with E-state index in [4.69, 9.17) is 5.11 Å². The number of aliphatic carboxylic acids is 1. The highest BCUT2D eigenvalue weighted by Crippen LogP contribution is 2.39. The Kier molecular flexibility index (Phi) is 3.78. The molecule has 2 aliphatic carbocycles. The maximum Gasteiger partial charge on any atom is 0.340 e. The topological polar surface area (TPSA) is 57.5 Å². The lowest BCUT2D eigenvalue weighted by Crippen LogP contribution is -2.31. The van der Waals surface area contributed by atoms with Crippen molar-refractivity contribution in [2.75, 3.05) is 0 Å². The van der Waals surface area contributed by atoms with Crippen LogP contribution in [0.4, 0.5) is 0 Å². The minimum absolute atomic E-state index is 0.498. The molecule has 1 saturated carbocycles. The first-order chi connectivity index (χ1) is 9.98. The average Bonchev–Trinajstić information content (AvgIpc) is 2.91. The quantitative estimate of drug-likeness (QED) is 0.897. The van der Waals surface area contributed by atoms with Gasteiger partial charge in [-0.15, -0.1) is 0 Å². The third kappa shape index (κ3) is 2.71. The number of hydrogen-bond acceptors (Lipinski definition) is 2. The van der Waals surface area contributed by atoms with Crippen LogP contribution in [0.2, 0.25) is 0 Å². The molecule has 21 heavy (non-hydrogen) atoms. The van der Waals surface area contributed by atoms with Gasteiger partial charge in [-0.05, 0) is 48.3 Å². The van der Waals surface area contributed by atoms with Crippen LogP contribution in [0, 0.1) is 11.8 Å². The molecular formula is C18H24O3. The van der Waals surface area contributed by atoms with E-state index in [1.54, 1.807) is 6.07 Å². The number of hydrogen-bond donors (Lipinski definition) is 2. The largest absolute Gasteiger partial charge is 0.479 e. The zero-order valence-electron chi connectivity index (χ0n) is 12.6. The van der Waals surface area contributed by atoms with Crippen molar-refractivity contribution in [3.05, 3.63) is 34.9 Å². The SMILES string of the molecule is C[C@@](O)(C(=O)O)c1ccc2c(c1)C[C@H](C1CCCCC1)C2. The van der Waals surface area contributed by atoms with Gasteiger partial charge in [-0.25, -0.2) is 4.79 Å². The van der Waals surface area contributed by atoms with E-state index < -0.39 is 11.6 Å². The molecule has 0 radical (unpaired) electrons. The maximum atomic E-state index is 11.2. The van der Waals surface area contributed by atoms with Crippen LogP contribution in [0.15, 0.2) is 18.2 Å². The molecule has 2 atom stereocenters. The fourth-order valence-electron chi connectivity index (χ4n) is 4.02. The van der Waals surface area contributed by atoms with E-state index in [2.05, 4.69) is 0 Å². The second-order valence-corrected chi connectivity index (χ2v) is 6.93. The minimum Gasteiger partial charge on any atom is -0.479 e. The third-order valence-electron chi connectivity index (χ3n) is 5.47. The Morgan fingerprint density at radius 2 is 1.76 bits per heavy atom. The number of rotatable bonds is 3. The van der Waals surface area contributed by atoms with Crippen molar-refractivity contribution in [2.45, 2.75) is 57.5 Å². The Morgan fingerprint density at radius 3 is 2.43 bits per heavy atom. The molecule has 3 rings (SSSR count). The summed E-state index contributed by atoms with van der Waals surface area (Å²) in [4.78, 5) is 11.2. The van der Waals surface area contributed by atoms with Crippen LogP contribution < -0.4 is 0 Å². The maximum absolute atomic E-state index is 11.2. The molecule has 0 spiro atoms. The van der Waals surface area contributed by atoms with Crippen molar-refractivity contribution < 1.29 is 15.0 Å². The summed E-state index contributed by atoms with van der Waals surface area (Å²) in [7, 11) is 0. The highest BCUT2D eigenvalue weighted by molar-refractivity contribution is 5.78. The monoisotopic (exact) mass is 288 g/mol. The lowest BCUT2D eigenvalue weighted by Gasteiger charge is -2.27. The first-order valence-electron chi connectivity index (χ1n) is 8.06. The van der Waals surface area contributed by atoms with E-state index >= 15 is 0 Å². The predicted octanol–water partition coefficient (Wildman–Crippen LogP) is 3.27. The average molecular weight is 288 g/mol. The van der Waals surface area contributed by atoms with Crippen molar-refractivity contribution in [1.82, 2.24) is 0 Å². The van der Waals surface area contributed by atoms with Gasteiger partial charge in [-0.1, -0.05) is 50.3 Å². The third-order valence-corrected chi connectivity index (χ3v) is 5.47. The van der Waals surface area contributed by atoms with Gasteiger partial charge in [0.05, 0.1) is 0 Å². The molecule has 2 aliphatic rings. The molecule has 2 N–H and O–H groups in total. The Morgan fingerprint density at radius 1 is 1.10 bits per heavy atom. The molecule has 3 heteroatoms. The zero-order valence-corrected chi connectivity index (χ0v) is 12.6. The van der Waals surface area contributed by atoms with Gasteiger partial charge in [0, 0.05) is 0 Å². The van der Waals surface area contributed by atoms with Gasteiger partial charge < -0.3 is 10.2 Å². The van der Waals surface area contributed by atoms with E-state index in [0.29, 0.717) is 11.5 Å². The molecule has 3 nitrogen and oxygen atoms in total. The van der Waals surface area contributed by atoms with Crippen LogP contribution in [0.25, 0.3) is 0 Å². The standard InChI is InChI=1S/C18H24O3/c1-18(21,17(19)20)16-8-7-13-9-14(10-15(13)11-16)12-5-3-2-4-6-12/h7-8,11-12,14,21H,2-6,9-10H2,1H3,(H,19,20)/t14-,18+/m1/s1. The molecule has 0 bridgehead atoms. The zero-order chi connectivity index (χ0) is 15.0.